The molecule has 0 radical (unpaired) electrons. The topological polar surface area (TPSA) is 38.9 Å². The van der Waals surface area contributed by atoms with Crippen molar-refractivity contribution in [2.24, 2.45) is 5.73 Å². The average Bonchev–Trinajstić information content (AvgIpc) is 2.34. The lowest BCUT2D eigenvalue weighted by Gasteiger charge is -2.10. The second kappa shape index (κ2) is 6.23. The van der Waals surface area contributed by atoms with Crippen LogP contribution in [-0.4, -0.2) is 11.0 Å². The summed E-state index contributed by atoms with van der Waals surface area (Å²) in [5, 5.41) is 1.76. The molecule has 0 aliphatic carbocycles. The summed E-state index contributed by atoms with van der Waals surface area (Å²) in [6, 6.07) is 11.9. The SMILES string of the molecule is CC(N)Cc1cccnc1Sc1ccc(Cl)cc1. The largest absolute Gasteiger partial charge is 0.328 e. The van der Waals surface area contributed by atoms with Crippen molar-refractivity contribution in [2.75, 3.05) is 0 Å². The third kappa shape index (κ3) is 3.73. The molecule has 1 aromatic carbocycles. The van der Waals surface area contributed by atoms with Crippen LogP contribution in [0, 0.1) is 0 Å². The molecule has 0 spiro atoms. The Bertz CT molecular complexity index is 511. The van der Waals surface area contributed by atoms with E-state index < -0.39 is 0 Å². The molecule has 2 nitrogen and oxygen atoms in total. The Morgan fingerprint density at radius 1 is 1.28 bits per heavy atom. The van der Waals surface area contributed by atoms with Crippen molar-refractivity contribution in [3.63, 3.8) is 0 Å². The molecule has 2 N–H and O–H groups in total. The highest BCUT2D eigenvalue weighted by atomic mass is 35.5. The van der Waals surface area contributed by atoms with Gasteiger partial charge in [-0.05, 0) is 49.2 Å². The van der Waals surface area contributed by atoms with Gasteiger partial charge in [-0.25, -0.2) is 4.98 Å². The Morgan fingerprint density at radius 2 is 2.00 bits per heavy atom. The van der Waals surface area contributed by atoms with Crippen molar-refractivity contribution < 1.29 is 0 Å². The lowest BCUT2D eigenvalue weighted by Crippen LogP contribution is -2.18. The van der Waals surface area contributed by atoms with Crippen molar-refractivity contribution in [3.05, 3.63) is 53.2 Å². The summed E-state index contributed by atoms with van der Waals surface area (Å²) >= 11 is 7.51. The van der Waals surface area contributed by atoms with Gasteiger partial charge in [0.25, 0.3) is 0 Å². The lowest BCUT2D eigenvalue weighted by molar-refractivity contribution is 0.722. The standard InChI is InChI=1S/C14H15ClN2S/c1-10(16)9-11-3-2-8-17-14(11)18-13-6-4-12(15)5-7-13/h2-8,10H,9,16H2,1H3. The van der Waals surface area contributed by atoms with Crippen LogP contribution in [0.25, 0.3) is 0 Å². The number of benzene rings is 1. The zero-order valence-corrected chi connectivity index (χ0v) is 11.7. The van der Waals surface area contributed by atoms with Crippen LogP contribution in [0.1, 0.15) is 12.5 Å². The van der Waals surface area contributed by atoms with Crippen LogP contribution in [0.3, 0.4) is 0 Å². The first-order valence-electron chi connectivity index (χ1n) is 5.78. The van der Waals surface area contributed by atoms with E-state index in [9.17, 15) is 0 Å². The average molecular weight is 279 g/mol. The van der Waals surface area contributed by atoms with Crippen molar-refractivity contribution in [2.45, 2.75) is 29.3 Å². The van der Waals surface area contributed by atoms with Gasteiger partial charge in [-0.3, -0.25) is 0 Å². The molecule has 0 aliphatic rings. The maximum Gasteiger partial charge on any atom is 0.104 e. The van der Waals surface area contributed by atoms with E-state index in [0.717, 1.165) is 21.4 Å². The summed E-state index contributed by atoms with van der Waals surface area (Å²) in [6.07, 6.45) is 2.65. The van der Waals surface area contributed by atoms with E-state index in [4.69, 9.17) is 17.3 Å². The summed E-state index contributed by atoms with van der Waals surface area (Å²) in [5.41, 5.74) is 7.04. The Hall–Kier alpha value is -1.03. The summed E-state index contributed by atoms with van der Waals surface area (Å²) in [7, 11) is 0. The smallest absolute Gasteiger partial charge is 0.104 e. The van der Waals surface area contributed by atoms with Gasteiger partial charge in [-0.2, -0.15) is 0 Å². The molecule has 94 valence electrons. The highest BCUT2D eigenvalue weighted by Crippen LogP contribution is 2.29. The zero-order chi connectivity index (χ0) is 13.0. The first-order chi connectivity index (χ1) is 8.65. The van der Waals surface area contributed by atoms with Crippen LogP contribution < -0.4 is 5.73 Å². The second-order valence-corrected chi connectivity index (χ2v) is 5.70. The molecule has 4 heteroatoms. The molecule has 1 unspecified atom stereocenters. The minimum Gasteiger partial charge on any atom is -0.328 e. The molecule has 0 saturated heterocycles. The molecule has 0 saturated carbocycles. The quantitative estimate of drug-likeness (QED) is 0.925. The van der Waals surface area contributed by atoms with E-state index in [1.54, 1.807) is 11.8 Å². The molecule has 1 heterocycles. The number of halogens is 1. The molecule has 0 amide bonds. The Kier molecular flexibility index (Phi) is 4.64. The van der Waals surface area contributed by atoms with Gasteiger partial charge in [0.2, 0.25) is 0 Å². The summed E-state index contributed by atoms with van der Waals surface area (Å²) < 4.78 is 0. The van der Waals surface area contributed by atoms with E-state index in [-0.39, 0.29) is 6.04 Å². The van der Waals surface area contributed by atoms with E-state index in [1.807, 2.05) is 43.5 Å². The molecular formula is C14H15ClN2S. The monoisotopic (exact) mass is 278 g/mol. The second-order valence-electron chi connectivity index (χ2n) is 4.21. The molecule has 1 atom stereocenters. The van der Waals surface area contributed by atoms with Crippen molar-refractivity contribution in [1.29, 1.82) is 0 Å². The van der Waals surface area contributed by atoms with E-state index in [1.165, 1.54) is 5.56 Å². The molecule has 0 aliphatic heterocycles. The van der Waals surface area contributed by atoms with Crippen LogP contribution in [-0.2, 0) is 6.42 Å². The van der Waals surface area contributed by atoms with E-state index in [2.05, 4.69) is 11.1 Å². The van der Waals surface area contributed by atoms with E-state index >= 15 is 0 Å². The highest BCUT2D eigenvalue weighted by Gasteiger charge is 2.07. The van der Waals surface area contributed by atoms with Gasteiger partial charge in [0.1, 0.15) is 5.03 Å². The number of aromatic nitrogens is 1. The molecule has 18 heavy (non-hydrogen) atoms. The van der Waals surface area contributed by atoms with Crippen molar-refractivity contribution in [3.8, 4) is 0 Å². The molecule has 2 rings (SSSR count). The maximum atomic E-state index is 5.87. The number of nitrogens with two attached hydrogens (primary N) is 1. The number of hydrogen-bond acceptors (Lipinski definition) is 3. The van der Waals surface area contributed by atoms with Gasteiger partial charge >= 0.3 is 0 Å². The molecule has 1 aromatic heterocycles. The van der Waals surface area contributed by atoms with Crippen molar-refractivity contribution in [1.82, 2.24) is 4.98 Å². The fourth-order valence-corrected chi connectivity index (χ4v) is 2.65. The minimum atomic E-state index is 0.138. The van der Waals surface area contributed by atoms with Crippen LogP contribution in [0.2, 0.25) is 5.02 Å². The maximum absolute atomic E-state index is 5.87. The first kappa shape index (κ1) is 13.4. The Morgan fingerprint density at radius 3 is 2.67 bits per heavy atom. The summed E-state index contributed by atoms with van der Waals surface area (Å²) in [5.74, 6) is 0. The molecular weight excluding hydrogens is 264 g/mol. The summed E-state index contributed by atoms with van der Waals surface area (Å²) in [4.78, 5) is 5.55. The Balaban J connectivity index is 2.20. The van der Waals surface area contributed by atoms with Gasteiger partial charge in [0.15, 0.2) is 0 Å². The minimum absolute atomic E-state index is 0.138. The lowest BCUT2D eigenvalue weighted by atomic mass is 10.1. The fraction of sp³-hybridized carbons (Fsp3) is 0.214. The first-order valence-corrected chi connectivity index (χ1v) is 6.97. The van der Waals surface area contributed by atoms with Crippen LogP contribution in [0.4, 0.5) is 0 Å². The zero-order valence-electron chi connectivity index (χ0n) is 10.1. The van der Waals surface area contributed by atoms with E-state index in [0.29, 0.717) is 0 Å². The molecule has 0 fully saturated rings. The molecule has 2 aromatic rings. The van der Waals surface area contributed by atoms with Crippen LogP contribution in [0.5, 0.6) is 0 Å². The predicted molar refractivity (Wildman–Crippen MR) is 77.2 cm³/mol. The van der Waals surface area contributed by atoms with Crippen molar-refractivity contribution >= 4 is 23.4 Å². The number of rotatable bonds is 4. The highest BCUT2D eigenvalue weighted by molar-refractivity contribution is 7.99. The van der Waals surface area contributed by atoms with Gasteiger partial charge in [-0.15, -0.1) is 0 Å². The predicted octanol–water partition coefficient (Wildman–Crippen LogP) is 3.78. The third-order valence-corrected chi connectivity index (χ3v) is 3.74. The van der Waals surface area contributed by atoms with Crippen LogP contribution >= 0.6 is 23.4 Å². The number of hydrogen-bond donors (Lipinski definition) is 1. The molecule has 0 bridgehead atoms. The normalized spacial score (nSPS) is 12.4. The third-order valence-electron chi connectivity index (χ3n) is 2.42. The van der Waals surface area contributed by atoms with Gasteiger partial charge in [-0.1, -0.05) is 29.4 Å². The number of pyridine rings is 1. The van der Waals surface area contributed by atoms with Gasteiger partial charge in [0.05, 0.1) is 0 Å². The number of nitrogens with zero attached hydrogens (tertiary/aromatic N) is 1. The van der Waals surface area contributed by atoms with Gasteiger partial charge in [0, 0.05) is 22.2 Å². The van der Waals surface area contributed by atoms with Crippen LogP contribution in [0.15, 0.2) is 52.5 Å². The van der Waals surface area contributed by atoms with Gasteiger partial charge < -0.3 is 5.73 Å². The summed E-state index contributed by atoms with van der Waals surface area (Å²) in [6.45, 7) is 2.00. The Labute approximate surface area is 117 Å². The fourth-order valence-electron chi connectivity index (χ4n) is 1.63.